The van der Waals surface area contributed by atoms with Crippen molar-refractivity contribution in [2.45, 2.75) is 259 Å². The normalized spacial score (nSPS) is 18.6. The van der Waals surface area contributed by atoms with E-state index in [0.29, 0.717) is 46.5 Å². The lowest BCUT2D eigenvalue weighted by molar-refractivity contribution is -0.292. The van der Waals surface area contributed by atoms with Crippen molar-refractivity contribution in [1.29, 1.82) is 0 Å². The van der Waals surface area contributed by atoms with Crippen molar-refractivity contribution in [3.63, 3.8) is 0 Å². The summed E-state index contributed by atoms with van der Waals surface area (Å²) in [4.78, 5) is 44.9. The molecule has 0 saturated carbocycles. The standard InChI is InChI=1S/C62H98N4O4S2/c1-13-15-17-19-21-23-25-27-29-31-35-71-37-33-55(67)63-51-41-53-49(61(9,10)45(7)65(53)43(3)4)39-47(51)57-59(69)58(60(57)70)48-40-50-54(66(44(5)6)46(8)62(50,11)12)42-52(48)64-56(68)34-38-72-36-32-30-28-26-24-22-20-18-16-14-2/h39-46H,13-38H2,1-12H3,(H2,63,64,67,68,69,70). The van der Waals surface area contributed by atoms with Gasteiger partial charge in [0, 0.05) is 81.1 Å². The van der Waals surface area contributed by atoms with Gasteiger partial charge in [0.1, 0.15) is 6.04 Å². The molecule has 2 atom stereocenters. The number of ketones is 1. The molecule has 1 aliphatic carbocycles. The van der Waals surface area contributed by atoms with Crippen molar-refractivity contribution in [1.82, 2.24) is 4.58 Å². The lowest BCUT2D eigenvalue weighted by Gasteiger charge is -2.34. The highest BCUT2D eigenvalue weighted by atomic mass is 32.2. The lowest BCUT2D eigenvalue weighted by atomic mass is 9.76. The van der Waals surface area contributed by atoms with Crippen molar-refractivity contribution in [2.75, 3.05) is 38.5 Å². The number of nitrogens with one attached hydrogen (secondary N) is 2. The summed E-state index contributed by atoms with van der Waals surface area (Å²) in [5, 5.41) is 22.8. The second-order valence-electron chi connectivity index (χ2n) is 23.2. The molecule has 2 aromatic rings. The molecule has 0 radical (unpaired) electrons. The van der Waals surface area contributed by atoms with E-state index in [4.69, 9.17) is 0 Å². The molecule has 0 bridgehead atoms. The Morgan fingerprint density at radius 2 is 1.10 bits per heavy atom. The lowest BCUT2D eigenvalue weighted by Crippen LogP contribution is -2.42. The number of nitrogens with zero attached hydrogens (tertiary/aromatic N) is 2. The minimum Gasteiger partial charge on any atom is -0.871 e. The van der Waals surface area contributed by atoms with Crippen molar-refractivity contribution < 1.29 is 19.5 Å². The maximum Gasteiger partial charge on any atom is 0.225 e. The molecule has 402 valence electrons. The summed E-state index contributed by atoms with van der Waals surface area (Å²) >= 11 is 3.65. The van der Waals surface area contributed by atoms with Crippen LogP contribution in [0.1, 0.15) is 241 Å². The van der Waals surface area contributed by atoms with Crippen molar-refractivity contribution in [2.24, 2.45) is 0 Å². The average molecular weight is 1030 g/mol. The number of amides is 2. The van der Waals surface area contributed by atoms with Crippen LogP contribution in [-0.4, -0.2) is 64.8 Å². The van der Waals surface area contributed by atoms with E-state index >= 15 is 0 Å². The number of rotatable bonds is 33. The Balaban J connectivity index is 1.37. The number of allylic oxidation sites excluding steroid dienone is 2. The molecule has 2 aromatic carbocycles. The molecule has 2 amide bonds. The molecular weight excluding hydrogens is 929 g/mol. The number of fused-ring (bicyclic) bond motifs is 2. The van der Waals surface area contributed by atoms with Gasteiger partial charge >= 0.3 is 0 Å². The zero-order valence-corrected chi connectivity index (χ0v) is 49.0. The third kappa shape index (κ3) is 15.0. The summed E-state index contributed by atoms with van der Waals surface area (Å²) < 4.78 is 2.39. The number of hydrogen-bond donors (Lipinski definition) is 2. The third-order valence-electron chi connectivity index (χ3n) is 16.5. The SMILES string of the molecule is CCCCCCCCCCCCSCCC(=O)Nc1cc2c(cc1C1=C([O-])/C(=c3/cc4c(cc3NC(=O)CCSCCCCCCCCCCCC)=[N+](C(C)C)C(C)C4(C)C)C1=O)C(C)(C)C(C)N2C(C)C. The monoisotopic (exact) mass is 1030 g/mol. The molecule has 0 spiro atoms. The second kappa shape index (κ2) is 28.6. The minimum atomic E-state index is -0.348. The first kappa shape index (κ1) is 59.6. The smallest absolute Gasteiger partial charge is 0.225 e. The summed E-state index contributed by atoms with van der Waals surface area (Å²) in [6.07, 6.45) is 26.8. The number of anilines is 3. The summed E-state index contributed by atoms with van der Waals surface area (Å²) in [5.74, 6) is 2.58. The molecule has 3 aliphatic rings. The Bertz CT molecular complexity index is 2300. The number of carbonyl (C=O) groups excluding carboxylic acids is 3. The van der Waals surface area contributed by atoms with Crippen LogP contribution < -0.4 is 35.8 Å². The van der Waals surface area contributed by atoms with Gasteiger partial charge in [-0.1, -0.05) is 149 Å². The molecule has 72 heavy (non-hydrogen) atoms. The van der Waals surface area contributed by atoms with Crippen molar-refractivity contribution >= 4 is 69.3 Å². The van der Waals surface area contributed by atoms with Crippen LogP contribution in [0.4, 0.5) is 17.1 Å². The predicted octanol–water partition coefficient (Wildman–Crippen LogP) is 13.6. The van der Waals surface area contributed by atoms with Gasteiger partial charge in [0.05, 0.1) is 16.8 Å². The fourth-order valence-corrected chi connectivity index (χ4v) is 13.4. The maximum atomic E-state index is 14.9. The maximum absolute atomic E-state index is 14.9. The van der Waals surface area contributed by atoms with E-state index in [1.807, 2.05) is 47.8 Å². The van der Waals surface area contributed by atoms with E-state index in [1.165, 1.54) is 116 Å². The first-order valence-corrected chi connectivity index (χ1v) is 31.2. The highest BCUT2D eigenvalue weighted by molar-refractivity contribution is 7.99. The zero-order valence-electron chi connectivity index (χ0n) is 47.3. The molecular formula is C62H98N4O4S2. The van der Waals surface area contributed by atoms with Gasteiger partial charge in [-0.05, 0) is 103 Å². The molecule has 5 rings (SSSR count). The van der Waals surface area contributed by atoms with Crippen LogP contribution in [0.3, 0.4) is 0 Å². The van der Waals surface area contributed by atoms with Gasteiger partial charge in [-0.3, -0.25) is 14.4 Å². The molecule has 10 heteroatoms. The van der Waals surface area contributed by atoms with Crippen LogP contribution in [0.15, 0.2) is 30.0 Å². The highest BCUT2D eigenvalue weighted by Crippen LogP contribution is 2.50. The molecule has 0 fully saturated rings. The Morgan fingerprint density at radius 3 is 1.56 bits per heavy atom. The number of thioether (sulfide) groups is 2. The van der Waals surface area contributed by atoms with E-state index < -0.39 is 0 Å². The van der Waals surface area contributed by atoms with E-state index in [0.717, 1.165) is 46.5 Å². The highest BCUT2D eigenvalue weighted by Gasteiger charge is 2.47. The molecule has 8 nitrogen and oxygen atoms in total. The fraction of sp³-hybridized carbons (Fsp3) is 0.710. The van der Waals surface area contributed by atoms with Gasteiger partial charge in [-0.15, -0.1) is 0 Å². The van der Waals surface area contributed by atoms with Crippen LogP contribution in [0.5, 0.6) is 0 Å². The summed E-state index contributed by atoms with van der Waals surface area (Å²) in [6, 6.07) is 8.75. The van der Waals surface area contributed by atoms with E-state index in [1.54, 1.807) is 0 Å². The molecule has 2 N–H and O–H groups in total. The molecule has 2 unspecified atom stereocenters. The number of benzene rings is 2. The summed E-state index contributed by atoms with van der Waals surface area (Å²) in [6.45, 7) is 26.6. The quantitative estimate of drug-likeness (QED) is 0.0542. The van der Waals surface area contributed by atoms with Gasteiger partial charge in [0.25, 0.3) is 0 Å². The van der Waals surface area contributed by atoms with E-state index in [9.17, 15) is 19.5 Å². The second-order valence-corrected chi connectivity index (χ2v) is 25.7. The zero-order chi connectivity index (χ0) is 52.6. The van der Waals surface area contributed by atoms with Crippen LogP contribution in [-0.2, 0) is 25.2 Å². The fourth-order valence-electron chi connectivity index (χ4n) is 11.5. The number of carbonyl (C=O) groups is 3. The van der Waals surface area contributed by atoms with Crippen LogP contribution in [0.25, 0.3) is 11.1 Å². The number of unbranched alkanes of at least 4 members (excludes halogenated alkanes) is 18. The van der Waals surface area contributed by atoms with Crippen molar-refractivity contribution in [3.8, 4) is 0 Å². The van der Waals surface area contributed by atoms with Gasteiger partial charge in [0.2, 0.25) is 17.2 Å². The van der Waals surface area contributed by atoms with Crippen LogP contribution in [0, 0.1) is 0 Å². The Labute approximate surface area is 446 Å². The van der Waals surface area contributed by atoms with Gasteiger partial charge in [0.15, 0.2) is 11.8 Å². The predicted molar refractivity (Wildman–Crippen MR) is 311 cm³/mol. The van der Waals surface area contributed by atoms with Crippen molar-refractivity contribution in [3.05, 3.63) is 57.3 Å². The van der Waals surface area contributed by atoms with E-state index in [2.05, 4.69) is 103 Å². The van der Waals surface area contributed by atoms with Gasteiger partial charge in [-0.25, -0.2) is 4.58 Å². The number of Topliss-reactive ketones (excluding diaryl/α,β-unsaturated/α-hetero) is 1. The topological polar surface area (TPSA) is 105 Å². The largest absolute Gasteiger partial charge is 0.871 e. The summed E-state index contributed by atoms with van der Waals surface area (Å²) in [7, 11) is 0. The van der Waals surface area contributed by atoms with Gasteiger partial charge < -0.3 is 20.6 Å². The van der Waals surface area contributed by atoms with Crippen LogP contribution >= 0.6 is 23.5 Å². The molecule has 0 saturated heterocycles. The third-order valence-corrected chi connectivity index (χ3v) is 18.6. The Morgan fingerprint density at radius 1 is 0.625 bits per heavy atom. The molecule has 2 aliphatic heterocycles. The van der Waals surface area contributed by atoms with Crippen LogP contribution in [0.2, 0.25) is 0 Å². The van der Waals surface area contributed by atoms with Gasteiger partial charge in [-0.2, -0.15) is 23.5 Å². The van der Waals surface area contributed by atoms with E-state index in [-0.39, 0.29) is 69.5 Å². The number of hydrogen-bond acceptors (Lipinski definition) is 7. The minimum absolute atomic E-state index is 0.0995. The average Bonchev–Trinajstić information content (AvgIpc) is 3.65. The summed E-state index contributed by atoms with van der Waals surface area (Å²) in [5.41, 5.74) is 4.28. The molecule has 0 aromatic heterocycles. The molecule has 2 heterocycles. The first-order chi connectivity index (χ1) is 34.4. The first-order valence-electron chi connectivity index (χ1n) is 28.9. The Kier molecular flexibility index (Phi) is 23.7. The Hall–Kier alpha value is -3.24.